The van der Waals surface area contributed by atoms with E-state index in [1.54, 1.807) is 12.2 Å². The number of fused-ring (bicyclic) bond motifs is 1. The minimum absolute atomic E-state index is 0.0768. The zero-order valence-electron chi connectivity index (χ0n) is 8.87. The van der Waals surface area contributed by atoms with Crippen LogP contribution in [0.15, 0.2) is 24.0 Å². The van der Waals surface area contributed by atoms with E-state index in [0.29, 0.717) is 5.57 Å². The summed E-state index contributed by atoms with van der Waals surface area (Å²) in [6, 6.07) is 0. The maximum absolute atomic E-state index is 11.5. The smallest absolute Gasteiger partial charge is 0.337 e. The maximum atomic E-state index is 11.5. The van der Waals surface area contributed by atoms with E-state index in [9.17, 15) is 9.90 Å². The number of methoxy groups -OCH3 is 1. The van der Waals surface area contributed by atoms with Crippen LogP contribution in [0.4, 0.5) is 0 Å². The van der Waals surface area contributed by atoms with Gasteiger partial charge in [0.25, 0.3) is 0 Å². The molecule has 88 valence electrons. The second-order valence-electron chi connectivity index (χ2n) is 3.93. The Balaban J connectivity index is 2.26. The standard InChI is InChI=1S/C11H14O5/c1-15-10(13)8-5-16-11(14)9-6(4-12)2-3-7(8)9/h2-3,5-7,9,11-12,14H,4H2,1H3. The first-order chi connectivity index (χ1) is 7.69. The first kappa shape index (κ1) is 11.2. The van der Waals surface area contributed by atoms with Gasteiger partial charge >= 0.3 is 5.97 Å². The zero-order chi connectivity index (χ0) is 11.7. The highest BCUT2D eigenvalue weighted by Crippen LogP contribution is 2.41. The van der Waals surface area contributed by atoms with Gasteiger partial charge in [0.1, 0.15) is 0 Å². The lowest BCUT2D eigenvalue weighted by Gasteiger charge is -2.32. The molecule has 1 heterocycles. The van der Waals surface area contributed by atoms with Crippen LogP contribution in [0.1, 0.15) is 0 Å². The SMILES string of the molecule is COC(=O)C1=COC(O)C2C(CO)C=CC12. The van der Waals surface area contributed by atoms with Crippen LogP contribution in [0.2, 0.25) is 0 Å². The molecule has 0 saturated carbocycles. The lowest BCUT2D eigenvalue weighted by Crippen LogP contribution is -2.37. The van der Waals surface area contributed by atoms with Gasteiger partial charge < -0.3 is 19.7 Å². The molecule has 0 radical (unpaired) electrons. The predicted octanol–water partition coefficient (Wildman–Crippen LogP) is -0.197. The molecule has 5 heteroatoms. The second kappa shape index (κ2) is 4.27. The fourth-order valence-electron chi connectivity index (χ4n) is 2.28. The predicted molar refractivity (Wildman–Crippen MR) is 53.9 cm³/mol. The van der Waals surface area contributed by atoms with Crippen LogP contribution in [0.5, 0.6) is 0 Å². The van der Waals surface area contributed by atoms with E-state index in [-0.39, 0.29) is 24.4 Å². The summed E-state index contributed by atoms with van der Waals surface area (Å²) in [5.74, 6) is -1.21. The molecule has 4 atom stereocenters. The summed E-state index contributed by atoms with van der Waals surface area (Å²) >= 11 is 0. The maximum Gasteiger partial charge on any atom is 0.337 e. The normalized spacial score (nSPS) is 36.3. The molecule has 2 N–H and O–H groups in total. The average molecular weight is 226 g/mol. The fraction of sp³-hybridized carbons (Fsp3) is 0.545. The molecule has 0 spiro atoms. The van der Waals surface area contributed by atoms with E-state index in [0.717, 1.165) is 0 Å². The van der Waals surface area contributed by atoms with Crippen molar-refractivity contribution < 1.29 is 24.5 Å². The Morgan fingerprint density at radius 1 is 1.56 bits per heavy atom. The summed E-state index contributed by atoms with van der Waals surface area (Å²) in [6.45, 7) is -0.0768. The molecule has 16 heavy (non-hydrogen) atoms. The Bertz CT molecular complexity index is 346. The second-order valence-corrected chi connectivity index (χ2v) is 3.93. The van der Waals surface area contributed by atoms with Crippen LogP contribution in [0.25, 0.3) is 0 Å². The molecular formula is C11H14O5. The molecule has 0 fully saturated rings. The van der Waals surface area contributed by atoms with Gasteiger partial charge in [-0.05, 0) is 0 Å². The Morgan fingerprint density at radius 2 is 2.31 bits per heavy atom. The van der Waals surface area contributed by atoms with Crippen molar-refractivity contribution in [1.82, 2.24) is 0 Å². The molecule has 0 aromatic heterocycles. The highest BCUT2D eigenvalue weighted by atomic mass is 16.6. The fourth-order valence-corrected chi connectivity index (χ4v) is 2.28. The molecule has 0 bridgehead atoms. The molecule has 4 unspecified atom stereocenters. The van der Waals surface area contributed by atoms with Crippen molar-refractivity contribution >= 4 is 5.97 Å². The molecule has 1 aliphatic heterocycles. The number of hydrogen-bond acceptors (Lipinski definition) is 5. The van der Waals surface area contributed by atoms with Crippen LogP contribution >= 0.6 is 0 Å². The van der Waals surface area contributed by atoms with Gasteiger partial charge in [-0.15, -0.1) is 0 Å². The highest BCUT2D eigenvalue weighted by molar-refractivity contribution is 5.89. The average Bonchev–Trinajstić information content (AvgIpc) is 2.73. The largest absolute Gasteiger partial charge is 0.472 e. The number of allylic oxidation sites excluding steroid dienone is 1. The van der Waals surface area contributed by atoms with E-state index in [1.165, 1.54) is 13.4 Å². The number of hydrogen-bond donors (Lipinski definition) is 2. The molecule has 1 aliphatic carbocycles. The van der Waals surface area contributed by atoms with Crippen LogP contribution in [-0.2, 0) is 14.3 Å². The molecule has 0 amide bonds. The summed E-state index contributed by atoms with van der Waals surface area (Å²) in [7, 11) is 1.30. The van der Waals surface area contributed by atoms with E-state index in [2.05, 4.69) is 4.74 Å². The van der Waals surface area contributed by atoms with E-state index < -0.39 is 12.3 Å². The number of carbonyl (C=O) groups is 1. The Labute approximate surface area is 93.0 Å². The van der Waals surface area contributed by atoms with Gasteiger partial charge in [0.2, 0.25) is 6.29 Å². The molecule has 5 nitrogen and oxygen atoms in total. The molecule has 2 rings (SSSR count). The number of esters is 1. The number of ether oxygens (including phenoxy) is 2. The van der Waals surface area contributed by atoms with Gasteiger partial charge in [0, 0.05) is 24.4 Å². The minimum atomic E-state index is -0.995. The van der Waals surface area contributed by atoms with Crippen molar-refractivity contribution in [2.45, 2.75) is 6.29 Å². The molecular weight excluding hydrogens is 212 g/mol. The third-order valence-corrected chi connectivity index (χ3v) is 3.13. The number of carbonyl (C=O) groups excluding carboxylic acids is 1. The van der Waals surface area contributed by atoms with Gasteiger partial charge in [-0.3, -0.25) is 0 Å². The first-order valence-corrected chi connectivity index (χ1v) is 5.10. The summed E-state index contributed by atoms with van der Waals surface area (Å²) < 4.78 is 9.64. The Kier molecular flexibility index (Phi) is 2.98. The number of aliphatic hydroxyl groups is 2. The lowest BCUT2D eigenvalue weighted by atomic mass is 9.82. The van der Waals surface area contributed by atoms with Gasteiger partial charge in [0.05, 0.1) is 18.9 Å². The quantitative estimate of drug-likeness (QED) is 0.504. The third kappa shape index (κ3) is 1.62. The molecule has 0 aromatic carbocycles. The minimum Gasteiger partial charge on any atom is -0.472 e. The topological polar surface area (TPSA) is 76.0 Å². The lowest BCUT2D eigenvalue weighted by molar-refractivity contribution is -0.145. The van der Waals surface area contributed by atoms with E-state index >= 15 is 0 Å². The number of rotatable bonds is 2. The zero-order valence-corrected chi connectivity index (χ0v) is 8.87. The van der Waals surface area contributed by atoms with E-state index in [1.807, 2.05) is 0 Å². The van der Waals surface area contributed by atoms with Crippen LogP contribution in [0, 0.1) is 17.8 Å². The van der Waals surface area contributed by atoms with E-state index in [4.69, 9.17) is 9.84 Å². The van der Waals surface area contributed by atoms with Crippen molar-refractivity contribution in [2.75, 3.05) is 13.7 Å². The molecule has 0 aromatic rings. The molecule has 0 saturated heterocycles. The monoisotopic (exact) mass is 226 g/mol. The van der Waals surface area contributed by atoms with Gasteiger partial charge in [-0.25, -0.2) is 4.79 Å². The van der Waals surface area contributed by atoms with Gasteiger partial charge in [-0.1, -0.05) is 12.2 Å². The number of aliphatic hydroxyl groups excluding tert-OH is 2. The summed E-state index contributed by atoms with van der Waals surface area (Å²) in [5, 5.41) is 18.8. The molecule has 2 aliphatic rings. The van der Waals surface area contributed by atoms with Crippen LogP contribution in [0.3, 0.4) is 0 Å². The van der Waals surface area contributed by atoms with Gasteiger partial charge in [-0.2, -0.15) is 0 Å². The summed E-state index contributed by atoms with van der Waals surface area (Å²) in [5.41, 5.74) is 0.380. The summed E-state index contributed by atoms with van der Waals surface area (Å²) in [6.07, 6.45) is 3.84. The highest BCUT2D eigenvalue weighted by Gasteiger charge is 2.44. The van der Waals surface area contributed by atoms with Crippen molar-refractivity contribution in [3.05, 3.63) is 24.0 Å². The Hall–Kier alpha value is -1.33. The third-order valence-electron chi connectivity index (χ3n) is 3.13. The van der Waals surface area contributed by atoms with Crippen molar-refractivity contribution in [3.8, 4) is 0 Å². The van der Waals surface area contributed by atoms with Crippen LogP contribution in [-0.4, -0.2) is 36.2 Å². The first-order valence-electron chi connectivity index (χ1n) is 5.10. The summed E-state index contributed by atoms with van der Waals surface area (Å²) in [4.78, 5) is 11.5. The van der Waals surface area contributed by atoms with Crippen molar-refractivity contribution in [1.29, 1.82) is 0 Å². The van der Waals surface area contributed by atoms with Gasteiger partial charge in [0.15, 0.2) is 0 Å². The van der Waals surface area contributed by atoms with Crippen molar-refractivity contribution in [3.63, 3.8) is 0 Å². The van der Waals surface area contributed by atoms with Crippen molar-refractivity contribution in [2.24, 2.45) is 17.8 Å². The van der Waals surface area contributed by atoms with Crippen LogP contribution < -0.4 is 0 Å². The Morgan fingerprint density at radius 3 is 2.94 bits per heavy atom.